The monoisotopic (exact) mass is 864 g/mol. The molecular weight excluding hydrogens is 801 g/mol. The minimum absolute atomic E-state index is 0.188. The number of aliphatic hydroxyl groups is 1. The van der Waals surface area contributed by atoms with E-state index in [1.807, 2.05) is 0 Å². The maximum Gasteiger partial charge on any atom is 0.261 e. The third-order valence-corrected chi connectivity index (χ3v) is 27.7. The molecule has 0 bridgehead atoms. The molecule has 1 fully saturated rings. The molecule has 0 saturated carbocycles. The number of benzene rings is 6. The quantitative estimate of drug-likeness (QED) is 0.119. The summed E-state index contributed by atoms with van der Waals surface area (Å²) in [5, 5.41) is 18.5. The molecule has 0 aliphatic carbocycles. The lowest BCUT2D eigenvalue weighted by molar-refractivity contribution is -0.128. The van der Waals surface area contributed by atoms with Crippen molar-refractivity contribution >= 4 is 56.1 Å². The van der Waals surface area contributed by atoms with Crippen molar-refractivity contribution in [1.29, 1.82) is 0 Å². The molecule has 1 saturated heterocycles. The fourth-order valence-electron chi connectivity index (χ4n) is 9.87. The summed E-state index contributed by atoms with van der Waals surface area (Å²) in [6, 6.07) is 64.0. The molecule has 0 unspecified atom stereocenters. The van der Waals surface area contributed by atoms with Gasteiger partial charge in [-0.3, -0.25) is 0 Å². The summed E-state index contributed by atoms with van der Waals surface area (Å²) in [6.45, 7) is 20.7. The first-order valence-corrected chi connectivity index (χ1v) is 27.4. The largest absolute Gasteiger partial charge is 0.405 e. The zero-order chi connectivity index (χ0) is 43.5. The van der Waals surface area contributed by atoms with Gasteiger partial charge < -0.3 is 23.1 Å². The maximum atomic E-state index is 12.6. The molecule has 61 heavy (non-hydrogen) atoms. The van der Waals surface area contributed by atoms with E-state index in [0.717, 1.165) is 20.7 Å². The summed E-state index contributed by atoms with van der Waals surface area (Å²) in [4.78, 5) is 0. The molecule has 1 heterocycles. The molecule has 6 aromatic rings. The number of hydrogen-bond acceptors (Lipinski definition) is 5. The van der Waals surface area contributed by atoms with E-state index in [9.17, 15) is 5.11 Å². The lowest BCUT2D eigenvalue weighted by atomic mass is 10.1. The lowest BCUT2D eigenvalue weighted by Crippen LogP contribution is -2.72. The summed E-state index contributed by atoms with van der Waals surface area (Å²) in [5.74, 6) is 0. The molecule has 5 nitrogen and oxygen atoms in total. The number of hydrogen-bond donors (Lipinski definition) is 1. The van der Waals surface area contributed by atoms with E-state index in [0.29, 0.717) is 0 Å². The Morgan fingerprint density at radius 2 is 0.639 bits per heavy atom. The molecule has 1 aliphatic heterocycles. The Balaban J connectivity index is 1.45. The minimum Gasteiger partial charge on any atom is -0.405 e. The van der Waals surface area contributed by atoms with Crippen LogP contribution in [0.3, 0.4) is 0 Å². The van der Waals surface area contributed by atoms with Crippen molar-refractivity contribution in [3.05, 3.63) is 182 Å². The fraction of sp³-hybridized carbons (Fsp3) is 0.321. The summed E-state index contributed by atoms with van der Waals surface area (Å²) in [6.07, 6.45) is -3.55. The average molecular weight is 865 g/mol. The van der Waals surface area contributed by atoms with Crippen LogP contribution in [0.25, 0.3) is 0 Å². The van der Waals surface area contributed by atoms with Gasteiger partial charge >= 0.3 is 0 Å². The second-order valence-corrected chi connectivity index (χ2v) is 32.3. The number of aliphatic hydroxyl groups excluding tert-OH is 1. The number of ether oxygens (including phenoxy) is 1. The van der Waals surface area contributed by atoms with Crippen molar-refractivity contribution < 1.29 is 23.1 Å². The summed E-state index contributed by atoms with van der Waals surface area (Å²) >= 11 is 0. The zero-order valence-electron chi connectivity index (χ0n) is 37.4. The first kappa shape index (κ1) is 44.8. The van der Waals surface area contributed by atoms with E-state index in [4.69, 9.17) is 18.0 Å². The van der Waals surface area contributed by atoms with Crippen LogP contribution in [0.15, 0.2) is 182 Å². The van der Waals surface area contributed by atoms with Crippen LogP contribution >= 0.6 is 0 Å². The van der Waals surface area contributed by atoms with Crippen LogP contribution in [0.4, 0.5) is 0 Å². The van der Waals surface area contributed by atoms with Gasteiger partial charge in [-0.1, -0.05) is 244 Å². The van der Waals surface area contributed by atoms with Gasteiger partial charge in [0.05, 0.1) is 6.61 Å². The average Bonchev–Trinajstić information content (AvgIpc) is 3.54. The van der Waals surface area contributed by atoms with Crippen LogP contribution in [0.1, 0.15) is 62.3 Å². The van der Waals surface area contributed by atoms with Crippen molar-refractivity contribution in [2.45, 2.75) is 102 Å². The normalized spacial score (nSPS) is 19.2. The van der Waals surface area contributed by atoms with Crippen LogP contribution in [0.5, 0.6) is 0 Å². The summed E-state index contributed by atoms with van der Waals surface area (Å²) in [7, 11) is -9.52. The highest BCUT2D eigenvalue weighted by atomic mass is 28.4. The molecule has 1 aliphatic rings. The second-order valence-electron chi connectivity index (χ2n) is 19.5. The van der Waals surface area contributed by atoms with Crippen LogP contribution in [0.2, 0.25) is 15.1 Å². The minimum atomic E-state index is -3.25. The summed E-state index contributed by atoms with van der Waals surface area (Å²) in [5.41, 5.74) is 0. The molecule has 8 heteroatoms. The van der Waals surface area contributed by atoms with Crippen molar-refractivity contribution in [2.24, 2.45) is 0 Å². The van der Waals surface area contributed by atoms with E-state index < -0.39 is 49.6 Å². The van der Waals surface area contributed by atoms with Crippen molar-refractivity contribution in [3.8, 4) is 0 Å². The van der Waals surface area contributed by atoms with E-state index in [1.165, 1.54) is 10.4 Å². The predicted molar refractivity (Wildman–Crippen MR) is 259 cm³/mol. The first-order chi connectivity index (χ1) is 29.1. The molecule has 7 rings (SSSR count). The molecule has 318 valence electrons. The Bertz CT molecular complexity index is 2160. The van der Waals surface area contributed by atoms with Gasteiger partial charge in [0.1, 0.15) is 18.3 Å². The van der Waals surface area contributed by atoms with Gasteiger partial charge in [-0.05, 0) is 46.2 Å². The molecule has 0 radical (unpaired) electrons. The van der Waals surface area contributed by atoms with Crippen molar-refractivity contribution in [3.63, 3.8) is 0 Å². The van der Waals surface area contributed by atoms with Crippen LogP contribution in [-0.4, -0.2) is 61.3 Å². The second kappa shape index (κ2) is 17.9. The first-order valence-electron chi connectivity index (χ1n) is 21.7. The molecule has 4 atom stereocenters. The number of rotatable bonds is 13. The molecule has 6 aromatic carbocycles. The van der Waals surface area contributed by atoms with Gasteiger partial charge in [-0.25, -0.2) is 0 Å². The van der Waals surface area contributed by atoms with E-state index in [-0.39, 0.29) is 21.7 Å². The van der Waals surface area contributed by atoms with Gasteiger partial charge in [-0.2, -0.15) is 0 Å². The Hall–Kier alpha value is -4.23. The van der Waals surface area contributed by atoms with Crippen LogP contribution in [0, 0.1) is 0 Å². The maximum absolute atomic E-state index is 12.6. The van der Waals surface area contributed by atoms with Crippen LogP contribution < -0.4 is 31.1 Å². The Morgan fingerprint density at radius 3 is 0.902 bits per heavy atom. The summed E-state index contributed by atoms with van der Waals surface area (Å²) < 4.78 is 30.5. The Kier molecular flexibility index (Phi) is 13.1. The molecular formula is C53H64O5Si3. The third-order valence-electron chi connectivity index (χ3n) is 12.6. The highest BCUT2D eigenvalue weighted by molar-refractivity contribution is 7.01. The van der Waals surface area contributed by atoms with E-state index >= 15 is 0 Å². The van der Waals surface area contributed by atoms with Gasteiger partial charge in [0.25, 0.3) is 25.0 Å². The van der Waals surface area contributed by atoms with Gasteiger partial charge in [-0.15, -0.1) is 0 Å². The predicted octanol–water partition coefficient (Wildman–Crippen LogP) is 8.17. The Labute approximate surface area is 368 Å². The SMILES string of the molecule is CC(C)(C)[Si](OC[C@H]1O[C@H](O)[C@@H](O[Si](c2ccccc2)(c2ccccc2)C(C)(C)C)[C@@H]1O[Si](c1ccccc1)(c1ccccc1)C(C)(C)C)(c1ccccc1)c1ccccc1. The highest BCUT2D eigenvalue weighted by Crippen LogP contribution is 2.44. The third kappa shape index (κ3) is 8.37. The topological polar surface area (TPSA) is 57.2 Å². The Morgan fingerprint density at radius 1 is 0.393 bits per heavy atom. The smallest absolute Gasteiger partial charge is 0.261 e. The van der Waals surface area contributed by atoms with E-state index in [1.54, 1.807) is 0 Å². The van der Waals surface area contributed by atoms with Gasteiger partial charge in [0, 0.05) is 0 Å². The highest BCUT2D eigenvalue weighted by Gasteiger charge is 2.61. The van der Waals surface area contributed by atoms with E-state index in [2.05, 4.69) is 244 Å². The molecule has 0 spiro atoms. The molecule has 0 aromatic heterocycles. The fourth-order valence-corrected chi connectivity index (χ4v) is 23.8. The van der Waals surface area contributed by atoms with Crippen molar-refractivity contribution in [1.82, 2.24) is 0 Å². The van der Waals surface area contributed by atoms with Gasteiger partial charge in [0.15, 0.2) is 6.29 Å². The van der Waals surface area contributed by atoms with Crippen molar-refractivity contribution in [2.75, 3.05) is 6.61 Å². The van der Waals surface area contributed by atoms with Gasteiger partial charge in [0.2, 0.25) is 0 Å². The molecule has 0 amide bonds. The lowest BCUT2D eigenvalue weighted by Gasteiger charge is -2.49. The zero-order valence-corrected chi connectivity index (χ0v) is 40.4. The standard InChI is InChI=1S/C53H64O5Si3/c1-51(2,3)59(41-28-16-10-17-29-41,42-30-18-11-19-31-42)55-40-47-48(57-60(52(4,5)6,43-32-20-12-21-33-43)44-34-22-13-23-35-44)49(50(54)56-47)58-61(53(7,8)9,45-36-24-14-25-37-45)46-38-26-15-27-39-46/h10-39,47-50,54H,40H2,1-9H3/t47-,48-,49+,50+/m1/s1. The molecule has 1 N–H and O–H groups in total. The van der Waals surface area contributed by atoms with Crippen LogP contribution in [-0.2, 0) is 18.0 Å².